The van der Waals surface area contributed by atoms with Crippen LogP contribution in [-0.2, 0) is 18.3 Å². The van der Waals surface area contributed by atoms with E-state index in [0.717, 1.165) is 60.4 Å². The van der Waals surface area contributed by atoms with Gasteiger partial charge < -0.3 is 9.88 Å². The fraction of sp³-hybridized carbons (Fsp3) is 0.240. The topological polar surface area (TPSA) is 66.8 Å². The summed E-state index contributed by atoms with van der Waals surface area (Å²) in [5.74, 6) is -0.135. The predicted molar refractivity (Wildman–Crippen MR) is 139 cm³/mol. The molecule has 0 aliphatic carbocycles. The number of benzene rings is 1. The van der Waals surface area contributed by atoms with Crippen LogP contribution in [0.5, 0.6) is 0 Å². The smallest absolute Gasteiger partial charge is 0.250 e. The van der Waals surface area contributed by atoms with Crippen molar-refractivity contribution in [2.45, 2.75) is 27.2 Å². The first-order valence-electron chi connectivity index (χ1n) is 10.5. The average Bonchev–Trinajstić information content (AvgIpc) is 3.30. The standard InChI is InChI=1S/C25H26IN5O/c1-7-17-19(18-13-28-31(6)15(18)4)12-27-25-23(17)22(24(26)29-25)16-10-9-14(3)20(11-16)30(5)21(32)8-2/h8-13H,2,7H2,1,3-6H3,(H,27,29). The van der Waals surface area contributed by atoms with Gasteiger partial charge in [-0.25, -0.2) is 4.98 Å². The van der Waals surface area contributed by atoms with E-state index in [1.54, 1.807) is 11.9 Å². The summed E-state index contributed by atoms with van der Waals surface area (Å²) in [5, 5.41) is 5.55. The zero-order chi connectivity index (χ0) is 23.2. The molecule has 0 bridgehead atoms. The molecular formula is C25H26IN5O. The second kappa shape index (κ2) is 8.54. The van der Waals surface area contributed by atoms with E-state index in [2.05, 4.69) is 71.3 Å². The highest BCUT2D eigenvalue weighted by molar-refractivity contribution is 14.1. The van der Waals surface area contributed by atoms with Gasteiger partial charge in [0.15, 0.2) is 0 Å². The minimum atomic E-state index is -0.135. The Morgan fingerprint density at radius 1 is 1.28 bits per heavy atom. The molecule has 0 spiro atoms. The number of anilines is 1. The quantitative estimate of drug-likeness (QED) is 0.267. The summed E-state index contributed by atoms with van der Waals surface area (Å²) in [6.07, 6.45) is 6.05. The zero-order valence-corrected chi connectivity index (χ0v) is 21.1. The van der Waals surface area contributed by atoms with E-state index >= 15 is 0 Å². The van der Waals surface area contributed by atoms with Crippen LogP contribution in [0.15, 0.2) is 43.2 Å². The Morgan fingerprint density at radius 3 is 2.66 bits per heavy atom. The van der Waals surface area contributed by atoms with Crippen LogP contribution in [0.3, 0.4) is 0 Å². The molecule has 0 unspecified atom stereocenters. The summed E-state index contributed by atoms with van der Waals surface area (Å²) in [6.45, 7) is 9.88. The number of nitrogens with one attached hydrogen (secondary N) is 1. The number of aromatic nitrogens is 4. The summed E-state index contributed by atoms with van der Waals surface area (Å²) in [5.41, 5.74) is 9.45. The number of rotatable bonds is 5. The van der Waals surface area contributed by atoms with E-state index in [-0.39, 0.29) is 5.91 Å². The molecule has 0 saturated heterocycles. The minimum absolute atomic E-state index is 0.135. The van der Waals surface area contributed by atoms with E-state index in [9.17, 15) is 4.79 Å². The fourth-order valence-electron chi connectivity index (χ4n) is 4.20. The van der Waals surface area contributed by atoms with Gasteiger partial charge in [0, 0.05) is 53.8 Å². The Balaban J connectivity index is 1.99. The Hall–Kier alpha value is -2.94. The predicted octanol–water partition coefficient (Wildman–Crippen LogP) is 5.56. The van der Waals surface area contributed by atoms with Crippen LogP contribution < -0.4 is 4.90 Å². The summed E-state index contributed by atoms with van der Waals surface area (Å²) in [7, 11) is 3.73. The van der Waals surface area contributed by atoms with Crippen molar-refractivity contribution in [1.82, 2.24) is 19.7 Å². The summed E-state index contributed by atoms with van der Waals surface area (Å²) in [4.78, 5) is 22.1. The first kappa shape index (κ1) is 22.3. The van der Waals surface area contributed by atoms with Gasteiger partial charge >= 0.3 is 0 Å². The minimum Gasteiger partial charge on any atom is -0.334 e. The number of aromatic amines is 1. The van der Waals surface area contributed by atoms with Gasteiger partial charge in [-0.3, -0.25) is 9.48 Å². The molecule has 3 heterocycles. The van der Waals surface area contributed by atoms with Crippen molar-refractivity contribution in [3.05, 3.63) is 63.8 Å². The number of halogens is 1. The fourth-order valence-corrected chi connectivity index (χ4v) is 5.04. The third kappa shape index (κ3) is 3.54. The van der Waals surface area contributed by atoms with Gasteiger partial charge in [0.2, 0.25) is 5.91 Å². The number of hydrogen-bond acceptors (Lipinski definition) is 3. The van der Waals surface area contributed by atoms with Crippen LogP contribution >= 0.6 is 22.6 Å². The van der Waals surface area contributed by atoms with Crippen LogP contribution in [-0.4, -0.2) is 32.7 Å². The number of likely N-dealkylation sites (N-methyl/N-ethyl adjacent to an activating group) is 1. The highest BCUT2D eigenvalue weighted by atomic mass is 127. The monoisotopic (exact) mass is 539 g/mol. The molecule has 4 rings (SSSR count). The lowest BCUT2D eigenvalue weighted by molar-refractivity contribution is -0.113. The van der Waals surface area contributed by atoms with Gasteiger partial charge in [0.25, 0.3) is 0 Å². The lowest BCUT2D eigenvalue weighted by atomic mass is 9.94. The van der Waals surface area contributed by atoms with E-state index in [1.807, 2.05) is 31.0 Å². The number of nitrogens with zero attached hydrogens (tertiary/aromatic N) is 4. The molecule has 7 heteroatoms. The largest absolute Gasteiger partial charge is 0.334 e. The van der Waals surface area contributed by atoms with Gasteiger partial charge in [-0.2, -0.15) is 5.10 Å². The van der Waals surface area contributed by atoms with Gasteiger partial charge in [-0.05, 0) is 71.7 Å². The maximum absolute atomic E-state index is 12.3. The summed E-state index contributed by atoms with van der Waals surface area (Å²) in [6, 6.07) is 6.24. The number of aryl methyl sites for hydroxylation is 3. The van der Waals surface area contributed by atoms with Crippen LogP contribution in [0, 0.1) is 17.5 Å². The normalized spacial score (nSPS) is 11.2. The van der Waals surface area contributed by atoms with Crippen molar-refractivity contribution in [2.75, 3.05) is 11.9 Å². The lowest BCUT2D eigenvalue weighted by Crippen LogP contribution is -2.24. The highest BCUT2D eigenvalue weighted by Gasteiger charge is 2.21. The van der Waals surface area contributed by atoms with E-state index in [1.165, 1.54) is 11.6 Å². The molecule has 3 aromatic heterocycles. The summed E-state index contributed by atoms with van der Waals surface area (Å²) < 4.78 is 2.91. The molecule has 0 aliphatic rings. The Bertz CT molecular complexity index is 1360. The van der Waals surface area contributed by atoms with Crippen molar-refractivity contribution >= 4 is 45.2 Å². The van der Waals surface area contributed by atoms with Crippen molar-refractivity contribution in [3.63, 3.8) is 0 Å². The molecule has 0 radical (unpaired) electrons. The highest BCUT2D eigenvalue weighted by Crippen LogP contribution is 2.40. The van der Waals surface area contributed by atoms with Crippen LogP contribution in [0.25, 0.3) is 33.3 Å². The maximum atomic E-state index is 12.3. The number of amides is 1. The Labute approximate surface area is 201 Å². The Morgan fingerprint density at radius 2 is 2.03 bits per heavy atom. The molecule has 164 valence electrons. The van der Waals surface area contributed by atoms with Crippen molar-refractivity contribution < 1.29 is 4.79 Å². The number of H-pyrrole nitrogens is 1. The third-order valence-corrected chi connectivity index (χ3v) is 6.94. The van der Waals surface area contributed by atoms with Crippen molar-refractivity contribution in [3.8, 4) is 22.3 Å². The van der Waals surface area contributed by atoms with E-state index < -0.39 is 0 Å². The molecule has 1 aromatic carbocycles. The van der Waals surface area contributed by atoms with E-state index in [0.29, 0.717) is 0 Å². The molecule has 0 fully saturated rings. The molecule has 0 aliphatic heterocycles. The molecule has 0 atom stereocenters. The lowest BCUT2D eigenvalue weighted by Gasteiger charge is -2.19. The number of fused-ring (bicyclic) bond motifs is 1. The second-order valence-electron chi connectivity index (χ2n) is 7.91. The number of carbonyl (C=O) groups excluding carboxylic acids is 1. The third-order valence-electron chi connectivity index (χ3n) is 6.13. The molecule has 6 nitrogen and oxygen atoms in total. The summed E-state index contributed by atoms with van der Waals surface area (Å²) >= 11 is 2.34. The molecule has 1 N–H and O–H groups in total. The van der Waals surface area contributed by atoms with Crippen molar-refractivity contribution in [2.24, 2.45) is 7.05 Å². The van der Waals surface area contributed by atoms with Crippen LogP contribution in [0.1, 0.15) is 23.7 Å². The van der Waals surface area contributed by atoms with Gasteiger partial charge in [0.1, 0.15) is 5.65 Å². The number of carbonyl (C=O) groups is 1. The molecule has 0 saturated carbocycles. The first-order chi connectivity index (χ1) is 15.3. The molecular weight excluding hydrogens is 513 g/mol. The van der Waals surface area contributed by atoms with Crippen molar-refractivity contribution in [1.29, 1.82) is 0 Å². The molecule has 1 amide bonds. The number of pyridine rings is 1. The first-order valence-corrected chi connectivity index (χ1v) is 11.6. The zero-order valence-electron chi connectivity index (χ0n) is 19.0. The van der Waals surface area contributed by atoms with E-state index in [4.69, 9.17) is 4.98 Å². The Kier molecular flexibility index (Phi) is 5.94. The van der Waals surface area contributed by atoms with Gasteiger partial charge in [0.05, 0.1) is 9.90 Å². The molecule has 4 aromatic rings. The second-order valence-corrected chi connectivity index (χ2v) is 8.99. The van der Waals surface area contributed by atoms with Gasteiger partial charge in [-0.15, -0.1) is 0 Å². The SMILES string of the molecule is C=CC(=O)N(C)c1cc(-c2c(I)[nH]c3ncc(-c4cnn(C)c4C)c(CC)c23)ccc1C. The number of hydrogen-bond donors (Lipinski definition) is 1. The van der Waals surface area contributed by atoms with Crippen LogP contribution in [0.2, 0.25) is 0 Å². The van der Waals surface area contributed by atoms with Gasteiger partial charge in [-0.1, -0.05) is 25.6 Å². The van der Waals surface area contributed by atoms with Crippen LogP contribution in [0.4, 0.5) is 5.69 Å². The molecule has 32 heavy (non-hydrogen) atoms. The maximum Gasteiger partial charge on any atom is 0.250 e. The average molecular weight is 539 g/mol.